The molecule has 1 rings (SSSR count). The summed E-state index contributed by atoms with van der Waals surface area (Å²) < 4.78 is 116. The van der Waals surface area contributed by atoms with E-state index in [-0.39, 0.29) is 0 Å². The van der Waals surface area contributed by atoms with Crippen LogP contribution in [0.3, 0.4) is 0 Å². The van der Waals surface area contributed by atoms with E-state index < -0.39 is 42.8 Å². The third kappa shape index (κ3) is 2.87. The Hall–Kier alpha value is -1.20. The van der Waals surface area contributed by atoms with Crippen molar-refractivity contribution in [3.8, 4) is 0 Å². The summed E-state index contributed by atoms with van der Waals surface area (Å²) in [5, 5.41) is 0. The molecule has 0 amide bonds. The minimum Gasteiger partial charge on any atom is -0.414 e. The van der Waals surface area contributed by atoms with Gasteiger partial charge in [0.25, 0.3) is 0 Å². The second-order valence-corrected chi connectivity index (χ2v) is 3.46. The minimum absolute atomic E-state index is 2.32. The lowest BCUT2D eigenvalue weighted by Gasteiger charge is -2.30. The molecule has 0 saturated carbocycles. The first-order chi connectivity index (χ1) is 8.20. The number of hydrogen-bond donors (Lipinski definition) is 0. The Morgan fingerprint density at radius 2 is 1.37 bits per heavy atom. The van der Waals surface area contributed by atoms with Crippen LogP contribution in [0.15, 0.2) is 0 Å². The van der Waals surface area contributed by atoms with E-state index in [1.807, 2.05) is 0 Å². The van der Waals surface area contributed by atoms with E-state index in [9.17, 15) is 44.3 Å². The van der Waals surface area contributed by atoms with E-state index in [0.29, 0.717) is 0 Å². The Morgan fingerprint density at radius 3 is 1.63 bits per heavy atom. The van der Waals surface area contributed by atoms with Gasteiger partial charge in [-0.15, -0.1) is 0 Å². The summed E-state index contributed by atoms with van der Waals surface area (Å²) in [6, 6.07) is 0. The lowest BCUT2D eigenvalue weighted by atomic mass is 10.2. The molecule has 1 atom stereocenters. The van der Waals surface area contributed by atoms with Crippen molar-refractivity contribution in [2.45, 2.75) is 36.8 Å². The van der Waals surface area contributed by atoms with Crippen LogP contribution in [0.4, 0.5) is 39.5 Å². The van der Waals surface area contributed by atoms with Gasteiger partial charge in [0.05, 0.1) is 6.42 Å². The number of carbonyl (C=O) groups is 1. The molecule has 0 aromatic rings. The van der Waals surface area contributed by atoms with Gasteiger partial charge in [-0.05, 0) is 0 Å². The van der Waals surface area contributed by atoms with Crippen molar-refractivity contribution >= 4 is 5.97 Å². The summed E-state index contributed by atoms with van der Waals surface area (Å²) >= 11 is 0. The number of halogens is 9. The first-order valence-corrected chi connectivity index (χ1v) is 4.30. The topological polar surface area (TPSA) is 35.5 Å². The molecule has 1 heterocycles. The number of hydrogen-bond acceptors (Lipinski definition) is 3. The molecule has 1 aliphatic rings. The van der Waals surface area contributed by atoms with Crippen LogP contribution < -0.4 is 0 Å². The van der Waals surface area contributed by atoms with Crippen molar-refractivity contribution in [3.63, 3.8) is 0 Å². The van der Waals surface area contributed by atoms with Gasteiger partial charge in [0.2, 0.25) is 0 Å². The van der Waals surface area contributed by atoms with Crippen LogP contribution in [-0.4, -0.2) is 36.4 Å². The van der Waals surface area contributed by atoms with Crippen LogP contribution in [0, 0.1) is 0 Å². The van der Waals surface area contributed by atoms with Crippen molar-refractivity contribution in [1.82, 2.24) is 0 Å². The van der Waals surface area contributed by atoms with Crippen LogP contribution in [0.1, 0.15) is 6.42 Å². The molecule has 0 aromatic heterocycles. The predicted molar refractivity (Wildman–Crippen MR) is 36.5 cm³/mol. The second kappa shape index (κ2) is 4.15. The molecular formula is C7H3F9O3. The average Bonchev–Trinajstić information content (AvgIpc) is 2.39. The third-order valence-corrected chi connectivity index (χ3v) is 1.98. The summed E-state index contributed by atoms with van der Waals surface area (Å²) in [7, 11) is 0. The van der Waals surface area contributed by atoms with E-state index in [4.69, 9.17) is 0 Å². The van der Waals surface area contributed by atoms with Crippen LogP contribution >= 0.6 is 0 Å². The highest BCUT2D eigenvalue weighted by Crippen LogP contribution is 2.51. The highest BCUT2D eigenvalue weighted by molar-refractivity contribution is 5.77. The number of ether oxygens (including phenoxy) is 2. The van der Waals surface area contributed by atoms with Gasteiger partial charge in [0.1, 0.15) is 0 Å². The zero-order valence-corrected chi connectivity index (χ0v) is 8.41. The number of cyclic esters (lactones) is 1. The maximum Gasteiger partial charge on any atom is 0.465 e. The fraction of sp³-hybridized carbons (Fsp3) is 0.857. The molecule has 1 saturated heterocycles. The van der Waals surface area contributed by atoms with Crippen molar-refractivity contribution < 1.29 is 53.8 Å². The molecule has 12 heteroatoms. The zero-order valence-electron chi connectivity index (χ0n) is 8.41. The van der Waals surface area contributed by atoms with Crippen molar-refractivity contribution in [2.24, 2.45) is 0 Å². The quantitative estimate of drug-likeness (QED) is 0.552. The molecule has 0 spiro atoms. The Balaban J connectivity index is 3.11. The van der Waals surface area contributed by atoms with Gasteiger partial charge in [-0.2, -0.15) is 39.5 Å². The van der Waals surface area contributed by atoms with Crippen molar-refractivity contribution in [1.29, 1.82) is 0 Å². The average molecular weight is 306 g/mol. The third-order valence-electron chi connectivity index (χ3n) is 1.98. The van der Waals surface area contributed by atoms with E-state index in [0.717, 1.165) is 0 Å². The monoisotopic (exact) mass is 306 g/mol. The highest BCUT2D eigenvalue weighted by atomic mass is 19.4. The molecule has 0 radical (unpaired) electrons. The van der Waals surface area contributed by atoms with Crippen molar-refractivity contribution in [2.75, 3.05) is 0 Å². The van der Waals surface area contributed by atoms with Gasteiger partial charge in [0.15, 0.2) is 6.10 Å². The molecule has 1 aliphatic heterocycles. The Kier molecular flexibility index (Phi) is 3.46. The second-order valence-electron chi connectivity index (χ2n) is 3.46. The Morgan fingerprint density at radius 1 is 0.947 bits per heavy atom. The summed E-state index contributed by atoms with van der Waals surface area (Å²) in [4.78, 5) is 10.7. The van der Waals surface area contributed by atoms with Crippen molar-refractivity contribution in [3.05, 3.63) is 0 Å². The Bertz CT molecular complexity index is 351. The van der Waals surface area contributed by atoms with Gasteiger partial charge in [-0.25, -0.2) is 4.79 Å². The van der Waals surface area contributed by atoms with Gasteiger partial charge in [-0.3, -0.25) is 0 Å². The van der Waals surface area contributed by atoms with Gasteiger partial charge < -0.3 is 9.47 Å². The summed E-state index contributed by atoms with van der Waals surface area (Å²) in [6.07, 6.45) is -23.1. The molecule has 112 valence electrons. The largest absolute Gasteiger partial charge is 0.465 e. The number of esters is 1. The van der Waals surface area contributed by atoms with Crippen LogP contribution in [0.25, 0.3) is 0 Å². The van der Waals surface area contributed by atoms with E-state index in [1.54, 1.807) is 0 Å². The standard InChI is InChI=1S/C7H3F9O3/c8-4(9,10)1-2-3(17)19-5(18-2,6(11,12)13)7(14,15)16/h2H,1H2/t2-/m0/s1. The van der Waals surface area contributed by atoms with Crippen LogP contribution in [0.2, 0.25) is 0 Å². The maximum absolute atomic E-state index is 12.3. The molecule has 0 bridgehead atoms. The van der Waals surface area contributed by atoms with E-state index in [1.165, 1.54) is 0 Å². The first-order valence-electron chi connectivity index (χ1n) is 4.30. The summed E-state index contributed by atoms with van der Waals surface area (Å²) in [5.74, 6) is -7.75. The maximum atomic E-state index is 12.3. The van der Waals surface area contributed by atoms with Gasteiger partial charge >= 0.3 is 30.3 Å². The van der Waals surface area contributed by atoms with E-state index >= 15 is 0 Å². The van der Waals surface area contributed by atoms with E-state index in [2.05, 4.69) is 9.47 Å². The summed E-state index contributed by atoms with van der Waals surface area (Å²) in [5.41, 5.74) is 0. The fourth-order valence-electron chi connectivity index (χ4n) is 1.23. The summed E-state index contributed by atoms with van der Waals surface area (Å²) in [6.45, 7) is 0. The molecule has 0 aromatic carbocycles. The number of rotatable bonds is 1. The normalized spacial score (nSPS) is 24.5. The van der Waals surface area contributed by atoms with Gasteiger partial charge in [-0.1, -0.05) is 0 Å². The smallest absolute Gasteiger partial charge is 0.414 e. The lowest BCUT2D eigenvalue weighted by molar-refractivity contribution is -0.440. The molecular weight excluding hydrogens is 303 g/mol. The predicted octanol–water partition coefficient (Wildman–Crippen LogP) is 2.70. The lowest BCUT2D eigenvalue weighted by Crippen LogP contribution is -2.58. The van der Waals surface area contributed by atoms with Gasteiger partial charge in [0, 0.05) is 0 Å². The fourth-order valence-corrected chi connectivity index (χ4v) is 1.23. The Labute approximate surface area is 97.8 Å². The highest BCUT2D eigenvalue weighted by Gasteiger charge is 2.80. The molecule has 19 heavy (non-hydrogen) atoms. The minimum atomic E-state index is -6.26. The van der Waals surface area contributed by atoms with Crippen LogP contribution in [0.5, 0.6) is 0 Å². The van der Waals surface area contributed by atoms with Crippen LogP contribution in [-0.2, 0) is 14.3 Å². The molecule has 0 N–H and O–H groups in total. The SMILES string of the molecule is O=C1OC(C(F)(F)F)(C(F)(F)F)O[C@H]1CC(F)(F)F. The molecule has 0 unspecified atom stereocenters. The molecule has 1 fully saturated rings. The zero-order chi connectivity index (χ0) is 15.3. The first kappa shape index (κ1) is 15.9. The molecule has 0 aliphatic carbocycles. The number of alkyl halides is 9. The number of carbonyl (C=O) groups excluding carboxylic acids is 1. The molecule has 3 nitrogen and oxygen atoms in total.